The van der Waals surface area contributed by atoms with E-state index in [0.29, 0.717) is 24.8 Å². The fraction of sp³-hybridized carbons (Fsp3) is 0.719. The van der Waals surface area contributed by atoms with Gasteiger partial charge in [-0.2, -0.15) is 0 Å². The van der Waals surface area contributed by atoms with Crippen molar-refractivity contribution >= 4 is 5.97 Å². The number of allylic oxidation sites excluding steroid dienone is 5. The van der Waals surface area contributed by atoms with Gasteiger partial charge in [0.1, 0.15) is 48.8 Å². The Morgan fingerprint density at radius 1 is 0.756 bits per heavy atom. The first-order valence-electron chi connectivity index (χ1n) is 15.3. The summed E-state index contributed by atoms with van der Waals surface area (Å²) in [6, 6.07) is 0. The van der Waals surface area contributed by atoms with Crippen molar-refractivity contribution in [3.8, 4) is 0 Å². The maximum absolute atomic E-state index is 10.9. The maximum atomic E-state index is 10.9. The van der Waals surface area contributed by atoms with Gasteiger partial charge in [0, 0.05) is 6.08 Å². The summed E-state index contributed by atoms with van der Waals surface area (Å²) in [5.41, 5.74) is 3.79. The van der Waals surface area contributed by atoms with Crippen LogP contribution in [0.15, 0.2) is 47.1 Å². The van der Waals surface area contributed by atoms with E-state index in [9.17, 15) is 40.5 Å². The molecule has 2 rings (SSSR count). The van der Waals surface area contributed by atoms with Crippen LogP contribution in [0.2, 0.25) is 0 Å². The molecule has 13 nitrogen and oxygen atoms in total. The molecule has 0 bridgehead atoms. The van der Waals surface area contributed by atoms with Crippen LogP contribution in [0.5, 0.6) is 0 Å². The first kappa shape index (κ1) is 39.2. The second-order valence-electron chi connectivity index (χ2n) is 12.0. The van der Waals surface area contributed by atoms with E-state index in [4.69, 9.17) is 24.1 Å². The zero-order valence-electron chi connectivity index (χ0n) is 26.6. The number of carboxylic acids is 1. The summed E-state index contributed by atoms with van der Waals surface area (Å²) in [5, 5.41) is 80.1. The zero-order valence-corrected chi connectivity index (χ0v) is 26.6. The van der Waals surface area contributed by atoms with Crippen LogP contribution >= 0.6 is 0 Å². The summed E-state index contributed by atoms with van der Waals surface area (Å²) in [6.07, 6.45) is -6.11. The number of aliphatic hydroxyl groups excluding tert-OH is 7. The van der Waals surface area contributed by atoms with E-state index in [2.05, 4.69) is 18.7 Å². The van der Waals surface area contributed by atoms with Crippen LogP contribution in [0.1, 0.15) is 66.2 Å². The third-order valence-electron chi connectivity index (χ3n) is 8.05. The molecule has 8 N–H and O–H groups in total. The summed E-state index contributed by atoms with van der Waals surface area (Å²) in [7, 11) is 0. The van der Waals surface area contributed by atoms with Crippen LogP contribution in [-0.2, 0) is 23.7 Å². The minimum absolute atomic E-state index is 0.483. The summed E-state index contributed by atoms with van der Waals surface area (Å²) >= 11 is 0. The van der Waals surface area contributed by atoms with Gasteiger partial charge in [0.05, 0.1) is 19.3 Å². The smallest absolute Gasteiger partial charge is 0.328 e. The molecule has 1 unspecified atom stereocenters. The Hall–Kier alpha value is -2.01. The Kier molecular flexibility index (Phi) is 16.5. The third-order valence-corrected chi connectivity index (χ3v) is 8.05. The predicted molar refractivity (Wildman–Crippen MR) is 163 cm³/mol. The maximum Gasteiger partial charge on any atom is 0.328 e. The van der Waals surface area contributed by atoms with Crippen LogP contribution < -0.4 is 0 Å². The zero-order chi connectivity index (χ0) is 33.8. The summed E-state index contributed by atoms with van der Waals surface area (Å²) < 4.78 is 23.1. The van der Waals surface area contributed by atoms with E-state index >= 15 is 0 Å². The van der Waals surface area contributed by atoms with Crippen molar-refractivity contribution in [1.82, 2.24) is 0 Å². The lowest BCUT2D eigenvalue weighted by molar-refractivity contribution is -0.370. The molecule has 0 aromatic rings. The molecule has 0 saturated carbocycles. The molecule has 2 aliphatic rings. The van der Waals surface area contributed by atoms with Crippen molar-refractivity contribution in [2.45, 2.75) is 134 Å². The predicted octanol–water partition coefficient (Wildman–Crippen LogP) is 0.836. The van der Waals surface area contributed by atoms with Crippen molar-refractivity contribution in [3.05, 3.63) is 47.1 Å². The molecule has 11 atom stereocenters. The average Bonchev–Trinajstić information content (AvgIpc) is 2.97. The topological polar surface area (TPSA) is 216 Å². The molecular weight excluding hydrogens is 592 g/mol. The van der Waals surface area contributed by atoms with Crippen LogP contribution in [-0.4, -0.2) is 128 Å². The summed E-state index contributed by atoms with van der Waals surface area (Å²) in [4.78, 5) is 10.7. The molecule has 2 aliphatic heterocycles. The Labute approximate surface area is 264 Å². The number of carboxylic acid groups (broad SMARTS) is 1. The van der Waals surface area contributed by atoms with E-state index in [-0.39, 0.29) is 0 Å². The van der Waals surface area contributed by atoms with Gasteiger partial charge in [-0.3, -0.25) is 0 Å². The fourth-order valence-corrected chi connectivity index (χ4v) is 5.18. The Bertz CT molecular complexity index is 1040. The first-order chi connectivity index (χ1) is 21.2. The van der Waals surface area contributed by atoms with E-state index < -0.39 is 86.7 Å². The van der Waals surface area contributed by atoms with Crippen LogP contribution in [0.4, 0.5) is 0 Å². The Morgan fingerprint density at radius 3 is 1.80 bits per heavy atom. The van der Waals surface area contributed by atoms with Gasteiger partial charge in [0.25, 0.3) is 0 Å². The lowest BCUT2D eigenvalue weighted by atomic mass is 9.97. The molecule has 0 aromatic heterocycles. The van der Waals surface area contributed by atoms with Crippen LogP contribution in [0.25, 0.3) is 0 Å². The monoisotopic (exact) mass is 644 g/mol. The largest absolute Gasteiger partial charge is 0.478 e. The minimum atomic E-state index is -1.76. The first-order valence-corrected chi connectivity index (χ1v) is 15.3. The standard InChI is InChI=1S/C32H52O13/c1-17(2)21(13-12-19(4)10-6-8-18(3)9-7-11-20(5)14-24(35)36)42-32-30(28(40)26(38)23(16-34)44-32)45-31-29(41)27(39)25(37)22(15-33)43-31/h9-10,14,21-23,25-34,37-41H,1,6-8,11-13,15-16H2,2-5H3,(H,35,36)/b18-9+,19-10+,20-14+/t21?,22-,23-,25-,26-,27+,28+,29-,30-,31+,32-/m1/s1. The van der Waals surface area contributed by atoms with E-state index in [0.717, 1.165) is 30.4 Å². The van der Waals surface area contributed by atoms with Gasteiger partial charge < -0.3 is 59.8 Å². The second-order valence-corrected chi connectivity index (χ2v) is 12.0. The number of aliphatic hydroxyl groups is 7. The number of aliphatic carboxylic acids is 1. The molecular formula is C32H52O13. The van der Waals surface area contributed by atoms with Crippen LogP contribution in [0, 0.1) is 0 Å². The summed E-state index contributed by atoms with van der Waals surface area (Å²) in [5.74, 6) is -0.939. The SMILES string of the molecule is C=C(C)C(CC/C(C)=C/CC/C(C)=C/CC/C(C)=C/C(=O)O)O[C@@H]1O[C@H](CO)[C@@H](O)[C@H](O)[C@H]1O[C@@H]1O[C@H](CO)[C@@H](O)[C@H](O)[C@H]1O. The van der Waals surface area contributed by atoms with Gasteiger partial charge in [-0.1, -0.05) is 41.0 Å². The quantitative estimate of drug-likeness (QED) is 0.0815. The lowest BCUT2D eigenvalue weighted by Crippen LogP contribution is -2.65. The highest BCUT2D eigenvalue weighted by molar-refractivity contribution is 5.80. The minimum Gasteiger partial charge on any atom is -0.478 e. The van der Waals surface area contributed by atoms with Crippen molar-refractivity contribution in [2.75, 3.05) is 13.2 Å². The molecule has 258 valence electrons. The number of hydrogen-bond donors (Lipinski definition) is 8. The molecule has 0 radical (unpaired) electrons. The molecule has 0 aromatic carbocycles. The van der Waals surface area contributed by atoms with Crippen molar-refractivity contribution < 1.29 is 64.6 Å². The highest BCUT2D eigenvalue weighted by Gasteiger charge is 2.51. The molecule has 0 spiro atoms. The Balaban J connectivity index is 2.04. The molecule has 0 aliphatic carbocycles. The summed E-state index contributed by atoms with van der Waals surface area (Å²) in [6.45, 7) is 10.3. The van der Waals surface area contributed by atoms with Gasteiger partial charge in [-0.15, -0.1) is 0 Å². The van der Waals surface area contributed by atoms with Crippen molar-refractivity contribution in [1.29, 1.82) is 0 Å². The van der Waals surface area contributed by atoms with Crippen molar-refractivity contribution in [3.63, 3.8) is 0 Å². The average molecular weight is 645 g/mol. The van der Waals surface area contributed by atoms with E-state index in [1.807, 2.05) is 13.8 Å². The molecule has 2 heterocycles. The molecule has 2 saturated heterocycles. The highest BCUT2D eigenvalue weighted by Crippen LogP contribution is 2.31. The second kappa shape index (κ2) is 19.0. The van der Waals surface area contributed by atoms with Gasteiger partial charge in [0.15, 0.2) is 12.6 Å². The van der Waals surface area contributed by atoms with Gasteiger partial charge in [-0.05, 0) is 66.2 Å². The molecule has 2 fully saturated rings. The number of hydrogen-bond acceptors (Lipinski definition) is 12. The van der Waals surface area contributed by atoms with Crippen LogP contribution in [0.3, 0.4) is 0 Å². The Morgan fingerprint density at radius 2 is 1.27 bits per heavy atom. The fourth-order valence-electron chi connectivity index (χ4n) is 5.18. The normalized spacial score (nSPS) is 34.1. The molecule has 0 amide bonds. The highest BCUT2D eigenvalue weighted by atomic mass is 16.8. The van der Waals surface area contributed by atoms with E-state index in [1.54, 1.807) is 13.8 Å². The van der Waals surface area contributed by atoms with Gasteiger partial charge in [0.2, 0.25) is 0 Å². The number of carbonyl (C=O) groups is 1. The van der Waals surface area contributed by atoms with Crippen molar-refractivity contribution in [2.24, 2.45) is 0 Å². The number of ether oxygens (including phenoxy) is 4. The van der Waals surface area contributed by atoms with Gasteiger partial charge >= 0.3 is 5.97 Å². The molecule has 45 heavy (non-hydrogen) atoms. The van der Waals surface area contributed by atoms with Gasteiger partial charge in [-0.25, -0.2) is 4.79 Å². The van der Waals surface area contributed by atoms with E-state index in [1.165, 1.54) is 11.6 Å². The number of rotatable bonds is 17. The molecule has 13 heteroatoms. The third kappa shape index (κ3) is 11.9. The lowest BCUT2D eigenvalue weighted by Gasteiger charge is -2.46.